The first-order valence-corrected chi connectivity index (χ1v) is 5.77. The normalized spacial score (nSPS) is 8.94. The number of methoxy groups -OCH3 is 1. The Morgan fingerprint density at radius 1 is 1.17 bits per heavy atom. The maximum absolute atomic E-state index is 11.3. The van der Waals surface area contributed by atoms with Crippen LogP contribution in [0.4, 0.5) is 5.69 Å². The van der Waals surface area contributed by atoms with Crippen molar-refractivity contribution in [1.82, 2.24) is 0 Å². The topological polar surface area (TPSA) is 46.6 Å². The predicted molar refractivity (Wildman–Crippen MR) is 73.1 cm³/mol. The van der Waals surface area contributed by atoms with Crippen molar-refractivity contribution in [3.05, 3.63) is 29.8 Å². The molecule has 0 spiro atoms. The third-order valence-corrected chi connectivity index (χ3v) is 2.31. The minimum Gasteiger partial charge on any atom is -0.469 e. The molecule has 0 aliphatic rings. The van der Waals surface area contributed by atoms with Crippen molar-refractivity contribution in [2.24, 2.45) is 0 Å². The number of carbonyl (C=O) groups is 2. The number of benzene rings is 1. The molecule has 0 heterocycles. The van der Waals surface area contributed by atoms with Gasteiger partial charge >= 0.3 is 5.97 Å². The molecule has 0 aromatic heterocycles. The molecule has 0 amide bonds. The van der Waals surface area contributed by atoms with Crippen molar-refractivity contribution in [1.29, 1.82) is 0 Å². The lowest BCUT2D eigenvalue weighted by Gasteiger charge is -2.12. The Morgan fingerprint density at radius 3 is 1.89 bits per heavy atom. The Bertz CT molecular complexity index is 383. The molecule has 0 saturated heterocycles. The first-order valence-electron chi connectivity index (χ1n) is 5.77. The van der Waals surface area contributed by atoms with Crippen molar-refractivity contribution in [3.8, 4) is 0 Å². The lowest BCUT2D eigenvalue weighted by molar-refractivity contribution is -0.137. The molecule has 0 fully saturated rings. The standard InChI is InChI=1S/C11H15NO.C3H6O2/c1-4-11(13)9-5-7-10(8-6-9)12(2)3;1-3(4)5-2/h5-8H,4H2,1-3H3;1-2H3. The van der Waals surface area contributed by atoms with Crippen molar-refractivity contribution >= 4 is 17.4 Å². The number of ketones is 1. The number of carbonyl (C=O) groups excluding carboxylic acids is 2. The van der Waals surface area contributed by atoms with Gasteiger partial charge in [0.2, 0.25) is 0 Å². The van der Waals surface area contributed by atoms with Crippen LogP contribution in [-0.2, 0) is 9.53 Å². The molecule has 4 nitrogen and oxygen atoms in total. The Labute approximate surface area is 109 Å². The van der Waals surface area contributed by atoms with Crippen LogP contribution in [0, 0.1) is 0 Å². The highest BCUT2D eigenvalue weighted by atomic mass is 16.5. The van der Waals surface area contributed by atoms with E-state index in [1.54, 1.807) is 0 Å². The molecule has 0 aliphatic heterocycles. The van der Waals surface area contributed by atoms with Gasteiger partial charge in [0, 0.05) is 38.7 Å². The molecular formula is C14H21NO3. The molecule has 0 N–H and O–H groups in total. The maximum Gasteiger partial charge on any atom is 0.302 e. The maximum atomic E-state index is 11.3. The first kappa shape index (κ1) is 16.2. The monoisotopic (exact) mass is 251 g/mol. The molecule has 1 aromatic rings. The van der Waals surface area contributed by atoms with E-state index < -0.39 is 0 Å². The number of ether oxygens (including phenoxy) is 1. The van der Waals surface area contributed by atoms with Gasteiger partial charge in [-0.3, -0.25) is 9.59 Å². The van der Waals surface area contributed by atoms with Crippen LogP contribution in [0.25, 0.3) is 0 Å². The van der Waals surface area contributed by atoms with Gasteiger partial charge in [0.15, 0.2) is 5.78 Å². The molecule has 0 bridgehead atoms. The number of rotatable bonds is 3. The van der Waals surface area contributed by atoms with E-state index in [1.807, 2.05) is 50.2 Å². The largest absolute Gasteiger partial charge is 0.469 e. The molecule has 0 aliphatic carbocycles. The second kappa shape index (κ2) is 8.28. The van der Waals surface area contributed by atoms with E-state index in [2.05, 4.69) is 4.74 Å². The molecule has 0 atom stereocenters. The summed E-state index contributed by atoms with van der Waals surface area (Å²) in [4.78, 5) is 22.9. The lowest BCUT2D eigenvalue weighted by Crippen LogP contribution is -2.08. The molecule has 18 heavy (non-hydrogen) atoms. The summed E-state index contributed by atoms with van der Waals surface area (Å²) in [6.45, 7) is 3.24. The van der Waals surface area contributed by atoms with E-state index >= 15 is 0 Å². The predicted octanol–water partition coefficient (Wildman–Crippen LogP) is 2.52. The summed E-state index contributed by atoms with van der Waals surface area (Å²) in [6, 6.07) is 7.67. The second-order valence-electron chi connectivity index (χ2n) is 3.91. The van der Waals surface area contributed by atoms with E-state index in [9.17, 15) is 9.59 Å². The molecule has 100 valence electrons. The van der Waals surface area contributed by atoms with E-state index in [1.165, 1.54) is 14.0 Å². The van der Waals surface area contributed by atoms with Gasteiger partial charge < -0.3 is 9.64 Å². The fourth-order valence-electron chi connectivity index (χ4n) is 1.15. The Hall–Kier alpha value is -1.84. The van der Waals surface area contributed by atoms with Crippen molar-refractivity contribution in [3.63, 3.8) is 0 Å². The van der Waals surface area contributed by atoms with Crippen molar-refractivity contribution in [2.45, 2.75) is 20.3 Å². The summed E-state index contributed by atoms with van der Waals surface area (Å²) in [6.07, 6.45) is 0.571. The van der Waals surface area contributed by atoms with Crippen LogP contribution < -0.4 is 4.90 Å². The molecule has 1 aromatic carbocycles. The molecule has 0 unspecified atom stereocenters. The van der Waals surface area contributed by atoms with Gasteiger partial charge in [0.05, 0.1) is 7.11 Å². The Morgan fingerprint density at radius 2 is 1.61 bits per heavy atom. The van der Waals surface area contributed by atoms with E-state index in [-0.39, 0.29) is 11.8 Å². The van der Waals surface area contributed by atoms with E-state index in [4.69, 9.17) is 0 Å². The summed E-state index contributed by atoms with van der Waals surface area (Å²) in [7, 11) is 5.32. The van der Waals surface area contributed by atoms with Crippen LogP contribution in [-0.4, -0.2) is 33.0 Å². The Balaban J connectivity index is 0.000000494. The second-order valence-corrected chi connectivity index (χ2v) is 3.91. The number of esters is 1. The summed E-state index contributed by atoms with van der Waals surface area (Å²) in [5, 5.41) is 0. The third kappa shape index (κ3) is 6.03. The van der Waals surface area contributed by atoms with Gasteiger partial charge in [-0.2, -0.15) is 0 Å². The highest BCUT2D eigenvalue weighted by Gasteiger charge is 2.02. The molecule has 4 heteroatoms. The average molecular weight is 251 g/mol. The highest BCUT2D eigenvalue weighted by Crippen LogP contribution is 2.13. The summed E-state index contributed by atoms with van der Waals surface area (Å²) >= 11 is 0. The number of Topliss-reactive ketones (excluding diaryl/α,β-unsaturated/α-hetero) is 1. The SMILES string of the molecule is CCC(=O)c1ccc(N(C)C)cc1.COC(C)=O. The number of hydrogen-bond acceptors (Lipinski definition) is 4. The van der Waals surface area contributed by atoms with Gasteiger partial charge in [-0.15, -0.1) is 0 Å². The smallest absolute Gasteiger partial charge is 0.302 e. The number of nitrogens with zero attached hydrogens (tertiary/aromatic N) is 1. The number of anilines is 1. The fourth-order valence-corrected chi connectivity index (χ4v) is 1.15. The van der Waals surface area contributed by atoms with E-state index in [0.717, 1.165) is 11.3 Å². The minimum absolute atomic E-state index is 0.199. The van der Waals surface area contributed by atoms with Crippen LogP contribution in [0.3, 0.4) is 0 Å². The Kier molecular flexibility index (Phi) is 7.43. The van der Waals surface area contributed by atoms with Gasteiger partial charge in [0.1, 0.15) is 0 Å². The zero-order valence-corrected chi connectivity index (χ0v) is 11.7. The summed E-state index contributed by atoms with van der Waals surface area (Å²) in [5.41, 5.74) is 1.92. The van der Waals surface area contributed by atoms with Crippen LogP contribution in [0.15, 0.2) is 24.3 Å². The molecular weight excluding hydrogens is 230 g/mol. The minimum atomic E-state index is -0.245. The molecule has 0 saturated carbocycles. The van der Waals surface area contributed by atoms with Crippen LogP contribution in [0.2, 0.25) is 0 Å². The van der Waals surface area contributed by atoms with Crippen molar-refractivity contribution in [2.75, 3.05) is 26.1 Å². The average Bonchev–Trinajstić information content (AvgIpc) is 2.38. The van der Waals surface area contributed by atoms with Gasteiger partial charge in [-0.25, -0.2) is 0 Å². The third-order valence-electron chi connectivity index (χ3n) is 2.31. The summed E-state index contributed by atoms with van der Waals surface area (Å²) in [5.74, 6) is -0.0460. The van der Waals surface area contributed by atoms with Crippen LogP contribution in [0.1, 0.15) is 30.6 Å². The molecule has 1 rings (SSSR count). The zero-order valence-electron chi connectivity index (χ0n) is 11.7. The van der Waals surface area contributed by atoms with Crippen molar-refractivity contribution < 1.29 is 14.3 Å². The fraction of sp³-hybridized carbons (Fsp3) is 0.429. The first-order chi connectivity index (χ1) is 8.42. The lowest BCUT2D eigenvalue weighted by atomic mass is 10.1. The quantitative estimate of drug-likeness (QED) is 0.611. The number of hydrogen-bond donors (Lipinski definition) is 0. The summed E-state index contributed by atoms with van der Waals surface area (Å²) < 4.78 is 4.11. The highest BCUT2D eigenvalue weighted by molar-refractivity contribution is 5.96. The van der Waals surface area contributed by atoms with Gasteiger partial charge in [0.25, 0.3) is 0 Å². The van der Waals surface area contributed by atoms with Crippen LogP contribution in [0.5, 0.6) is 0 Å². The van der Waals surface area contributed by atoms with Gasteiger partial charge in [-0.05, 0) is 24.3 Å². The van der Waals surface area contributed by atoms with Gasteiger partial charge in [-0.1, -0.05) is 6.92 Å². The zero-order chi connectivity index (χ0) is 14.1. The van der Waals surface area contributed by atoms with E-state index in [0.29, 0.717) is 6.42 Å². The molecule has 0 radical (unpaired) electrons. The van der Waals surface area contributed by atoms with Crippen LogP contribution >= 0.6 is 0 Å².